The van der Waals surface area contributed by atoms with Crippen LogP contribution in [0.15, 0.2) is 36.5 Å². The van der Waals surface area contributed by atoms with E-state index in [4.69, 9.17) is 4.74 Å². The highest BCUT2D eigenvalue weighted by Gasteiger charge is 2.18. The molecule has 1 amide bonds. The van der Waals surface area contributed by atoms with E-state index in [9.17, 15) is 19.8 Å². The number of nitrogens with one attached hydrogen (secondary N) is 1. The molecule has 0 radical (unpaired) electrons. The second kappa shape index (κ2) is 61.6. The number of allylic oxidation sites excluding steroid dienone is 5. The van der Waals surface area contributed by atoms with Gasteiger partial charge in [-0.15, -0.1) is 0 Å². The van der Waals surface area contributed by atoms with E-state index in [-0.39, 0.29) is 18.5 Å². The second-order valence-electron chi connectivity index (χ2n) is 22.1. The van der Waals surface area contributed by atoms with Gasteiger partial charge in [0.15, 0.2) is 0 Å². The zero-order valence-electron chi connectivity index (χ0n) is 48.4. The van der Waals surface area contributed by atoms with Gasteiger partial charge in [0.05, 0.1) is 25.4 Å². The summed E-state index contributed by atoms with van der Waals surface area (Å²) in [5, 5.41) is 23.1. The van der Waals surface area contributed by atoms with Crippen molar-refractivity contribution in [2.45, 2.75) is 360 Å². The molecule has 0 heterocycles. The Hall–Kier alpha value is -1.92. The van der Waals surface area contributed by atoms with Crippen LogP contribution in [-0.2, 0) is 14.3 Å². The maximum absolute atomic E-state index is 12.5. The van der Waals surface area contributed by atoms with Crippen molar-refractivity contribution < 1.29 is 24.5 Å². The van der Waals surface area contributed by atoms with Gasteiger partial charge in [-0.05, 0) is 83.5 Å². The number of carbonyl (C=O) groups excluding carboxylic acids is 2. The van der Waals surface area contributed by atoms with Gasteiger partial charge in [-0.2, -0.15) is 0 Å². The molecule has 0 spiro atoms. The highest BCUT2D eigenvalue weighted by atomic mass is 16.5. The van der Waals surface area contributed by atoms with E-state index in [2.05, 4.69) is 43.5 Å². The number of carbonyl (C=O) groups is 2. The third-order valence-corrected chi connectivity index (χ3v) is 14.9. The third kappa shape index (κ3) is 57.4. The van der Waals surface area contributed by atoms with Crippen LogP contribution in [0.5, 0.6) is 0 Å². The lowest BCUT2D eigenvalue weighted by atomic mass is 10.0. The van der Waals surface area contributed by atoms with Crippen molar-refractivity contribution in [3.05, 3.63) is 36.5 Å². The average molecular weight is 1010 g/mol. The summed E-state index contributed by atoms with van der Waals surface area (Å²) < 4.78 is 5.49. The molecule has 0 aliphatic rings. The molecule has 6 heteroatoms. The van der Waals surface area contributed by atoms with E-state index in [0.717, 1.165) is 44.9 Å². The van der Waals surface area contributed by atoms with Crippen molar-refractivity contribution in [3.8, 4) is 0 Å². The molecule has 424 valence electrons. The van der Waals surface area contributed by atoms with Crippen LogP contribution in [0, 0.1) is 0 Å². The molecule has 3 N–H and O–H groups in total. The summed E-state index contributed by atoms with van der Waals surface area (Å²) in [4.78, 5) is 24.5. The lowest BCUT2D eigenvalue weighted by molar-refractivity contribution is -0.143. The SMILES string of the molecule is CCCCCCCCC/C=C\CCCCCCCC(=O)OCCCCCCCCCCCCCC/C=C\CCCCCCCCCCC(=O)NC(CO)C(O)/C=C/CCCCCCCCCCCCCCC. The van der Waals surface area contributed by atoms with Gasteiger partial charge < -0.3 is 20.3 Å². The summed E-state index contributed by atoms with van der Waals surface area (Å²) in [6.45, 7) is 4.91. The second-order valence-corrected chi connectivity index (χ2v) is 22.1. The molecule has 72 heavy (non-hydrogen) atoms. The van der Waals surface area contributed by atoms with Gasteiger partial charge in [0.1, 0.15) is 0 Å². The molecule has 0 aromatic heterocycles. The van der Waals surface area contributed by atoms with E-state index in [1.54, 1.807) is 6.08 Å². The van der Waals surface area contributed by atoms with Crippen molar-refractivity contribution in [2.24, 2.45) is 0 Å². The number of amides is 1. The molecule has 0 bridgehead atoms. The van der Waals surface area contributed by atoms with Crippen LogP contribution < -0.4 is 5.32 Å². The van der Waals surface area contributed by atoms with E-state index in [1.807, 2.05) is 6.08 Å². The van der Waals surface area contributed by atoms with Gasteiger partial charge in [-0.1, -0.05) is 288 Å². The molecule has 0 aliphatic carbocycles. The Morgan fingerprint density at radius 3 is 0.986 bits per heavy atom. The van der Waals surface area contributed by atoms with Crippen LogP contribution in [0.2, 0.25) is 0 Å². The Labute approximate surface area is 449 Å². The van der Waals surface area contributed by atoms with Crippen LogP contribution in [0.1, 0.15) is 348 Å². The molecular weight excluding hydrogens is 887 g/mol. The number of hydrogen-bond donors (Lipinski definition) is 3. The number of hydrogen-bond acceptors (Lipinski definition) is 5. The van der Waals surface area contributed by atoms with E-state index >= 15 is 0 Å². The maximum Gasteiger partial charge on any atom is 0.305 e. The summed E-state index contributed by atoms with van der Waals surface area (Å²) >= 11 is 0. The number of rotatable bonds is 60. The van der Waals surface area contributed by atoms with Gasteiger partial charge >= 0.3 is 5.97 Å². The fraction of sp³-hybridized carbons (Fsp3) is 0.879. The number of unbranched alkanes of at least 4 members (excludes halogenated alkanes) is 45. The molecule has 0 rings (SSSR count). The molecular formula is C66H125NO5. The minimum Gasteiger partial charge on any atom is -0.466 e. The van der Waals surface area contributed by atoms with E-state index in [0.29, 0.717) is 19.4 Å². The van der Waals surface area contributed by atoms with Gasteiger partial charge in [0.25, 0.3) is 0 Å². The predicted octanol–water partition coefficient (Wildman–Crippen LogP) is 20.4. The number of esters is 1. The normalized spacial score (nSPS) is 12.8. The lowest BCUT2D eigenvalue weighted by Crippen LogP contribution is -2.45. The molecule has 0 saturated carbocycles. The minimum absolute atomic E-state index is 0.00477. The van der Waals surface area contributed by atoms with Crippen LogP contribution in [0.25, 0.3) is 0 Å². The number of aliphatic hydroxyl groups excluding tert-OH is 2. The van der Waals surface area contributed by atoms with Crippen LogP contribution in [-0.4, -0.2) is 47.4 Å². The lowest BCUT2D eigenvalue weighted by Gasteiger charge is -2.20. The molecule has 0 aromatic rings. The first-order valence-electron chi connectivity index (χ1n) is 32.3. The molecule has 0 aromatic carbocycles. The molecule has 0 aliphatic heterocycles. The molecule has 0 fully saturated rings. The topological polar surface area (TPSA) is 95.9 Å². The first-order chi connectivity index (χ1) is 35.5. The highest BCUT2D eigenvalue weighted by Crippen LogP contribution is 2.17. The first-order valence-corrected chi connectivity index (χ1v) is 32.3. The molecule has 2 atom stereocenters. The maximum atomic E-state index is 12.5. The summed E-state index contributed by atoms with van der Waals surface area (Å²) in [5.74, 6) is -0.0666. The zero-order chi connectivity index (χ0) is 52.2. The van der Waals surface area contributed by atoms with Crippen molar-refractivity contribution in [1.82, 2.24) is 5.32 Å². The molecule has 6 nitrogen and oxygen atoms in total. The van der Waals surface area contributed by atoms with Gasteiger partial charge in [-0.3, -0.25) is 9.59 Å². The highest BCUT2D eigenvalue weighted by molar-refractivity contribution is 5.76. The number of ether oxygens (including phenoxy) is 1. The van der Waals surface area contributed by atoms with E-state index < -0.39 is 12.1 Å². The zero-order valence-corrected chi connectivity index (χ0v) is 48.4. The third-order valence-electron chi connectivity index (χ3n) is 14.9. The average Bonchev–Trinajstić information content (AvgIpc) is 3.38. The summed E-state index contributed by atoms with van der Waals surface area (Å²) in [7, 11) is 0. The predicted molar refractivity (Wildman–Crippen MR) is 315 cm³/mol. The minimum atomic E-state index is -0.847. The van der Waals surface area contributed by atoms with Gasteiger partial charge in [0.2, 0.25) is 5.91 Å². The fourth-order valence-electron chi connectivity index (χ4n) is 9.92. The summed E-state index contributed by atoms with van der Waals surface area (Å²) in [6.07, 6.45) is 77.6. The van der Waals surface area contributed by atoms with Gasteiger partial charge in [0, 0.05) is 12.8 Å². The molecule has 2 unspecified atom stereocenters. The first kappa shape index (κ1) is 70.1. The van der Waals surface area contributed by atoms with Crippen LogP contribution in [0.4, 0.5) is 0 Å². The van der Waals surface area contributed by atoms with E-state index in [1.165, 1.54) is 276 Å². The van der Waals surface area contributed by atoms with Crippen LogP contribution >= 0.6 is 0 Å². The Balaban J connectivity index is 3.42. The summed E-state index contributed by atoms with van der Waals surface area (Å²) in [6, 6.07) is -0.631. The van der Waals surface area contributed by atoms with Crippen molar-refractivity contribution in [3.63, 3.8) is 0 Å². The quantitative estimate of drug-likeness (QED) is 0.0320. The van der Waals surface area contributed by atoms with Gasteiger partial charge in [-0.25, -0.2) is 0 Å². The van der Waals surface area contributed by atoms with Crippen LogP contribution in [0.3, 0.4) is 0 Å². The van der Waals surface area contributed by atoms with Crippen molar-refractivity contribution >= 4 is 11.9 Å². The number of aliphatic hydroxyl groups is 2. The Morgan fingerprint density at radius 2 is 0.653 bits per heavy atom. The largest absolute Gasteiger partial charge is 0.466 e. The Bertz CT molecular complexity index is 1170. The monoisotopic (exact) mass is 1010 g/mol. The fourth-order valence-corrected chi connectivity index (χ4v) is 9.92. The Kier molecular flexibility index (Phi) is 60.0. The summed E-state index contributed by atoms with van der Waals surface area (Å²) in [5.41, 5.74) is 0. The molecule has 0 saturated heterocycles. The standard InChI is InChI=1S/C66H125NO5/c1-3-5-7-9-11-13-15-17-19-32-36-40-44-48-52-56-60-66(71)72-61-57-53-49-45-41-37-33-29-27-25-23-21-20-22-24-26-28-31-35-39-43-47-51-55-59-65(70)67-63(62-68)64(69)58-54-50-46-42-38-34-30-18-16-14-12-10-8-6-4-2/h19,22,24,32,54,58,63-64,68-69H,3-18,20-21,23,25-31,33-53,55-57,59-62H2,1-2H3,(H,67,70)/b24-22-,32-19-,58-54+. The van der Waals surface area contributed by atoms with Crippen molar-refractivity contribution in [1.29, 1.82) is 0 Å². The Morgan fingerprint density at radius 1 is 0.375 bits per heavy atom. The van der Waals surface area contributed by atoms with Crippen molar-refractivity contribution in [2.75, 3.05) is 13.2 Å². The smallest absolute Gasteiger partial charge is 0.305 e.